The van der Waals surface area contributed by atoms with Gasteiger partial charge in [-0.2, -0.15) is 0 Å². The molecule has 0 saturated carbocycles. The van der Waals surface area contributed by atoms with Crippen LogP contribution in [0.25, 0.3) is 0 Å². The standard InChI is InChI=1S/C18H24N4.HI/c1-14-5-4-6-16(11-14)13-22-18(19-3)21-10-8-17-7-9-20-12-15(17)2;/h4-7,9,11-12H,8,10,13H2,1-3H3,(H2,19,21,22);1H. The van der Waals surface area contributed by atoms with Gasteiger partial charge in [-0.15, -0.1) is 24.0 Å². The molecule has 0 atom stereocenters. The summed E-state index contributed by atoms with van der Waals surface area (Å²) in [6.07, 6.45) is 4.70. The molecule has 5 heteroatoms. The molecule has 0 saturated heterocycles. The first-order valence-corrected chi connectivity index (χ1v) is 7.58. The molecular formula is C18H25IN4. The Labute approximate surface area is 155 Å². The maximum absolute atomic E-state index is 4.26. The van der Waals surface area contributed by atoms with Gasteiger partial charge in [0.05, 0.1) is 0 Å². The van der Waals surface area contributed by atoms with Crippen LogP contribution in [0.3, 0.4) is 0 Å². The molecule has 124 valence electrons. The van der Waals surface area contributed by atoms with E-state index in [1.54, 1.807) is 7.05 Å². The van der Waals surface area contributed by atoms with Gasteiger partial charge in [0, 0.05) is 32.5 Å². The van der Waals surface area contributed by atoms with E-state index >= 15 is 0 Å². The highest BCUT2D eigenvalue weighted by molar-refractivity contribution is 14.0. The number of pyridine rings is 1. The number of nitrogens with zero attached hydrogens (tertiary/aromatic N) is 2. The van der Waals surface area contributed by atoms with Crippen molar-refractivity contribution in [1.29, 1.82) is 0 Å². The topological polar surface area (TPSA) is 49.3 Å². The van der Waals surface area contributed by atoms with Crippen LogP contribution in [-0.2, 0) is 13.0 Å². The first kappa shape index (κ1) is 19.4. The van der Waals surface area contributed by atoms with Crippen molar-refractivity contribution in [2.24, 2.45) is 4.99 Å². The van der Waals surface area contributed by atoms with Crippen LogP contribution in [0, 0.1) is 13.8 Å². The maximum atomic E-state index is 4.26. The minimum Gasteiger partial charge on any atom is -0.356 e. The quantitative estimate of drug-likeness (QED) is 0.440. The van der Waals surface area contributed by atoms with E-state index in [0.29, 0.717) is 0 Å². The minimum absolute atomic E-state index is 0. The lowest BCUT2D eigenvalue weighted by Gasteiger charge is -2.13. The number of guanidine groups is 1. The molecule has 1 heterocycles. The molecule has 1 aromatic carbocycles. The number of benzene rings is 1. The number of halogens is 1. The average Bonchev–Trinajstić information content (AvgIpc) is 2.52. The summed E-state index contributed by atoms with van der Waals surface area (Å²) in [5.74, 6) is 0.827. The summed E-state index contributed by atoms with van der Waals surface area (Å²) in [7, 11) is 1.79. The van der Waals surface area contributed by atoms with Crippen molar-refractivity contribution in [1.82, 2.24) is 15.6 Å². The molecule has 0 fully saturated rings. The Kier molecular flexibility index (Phi) is 8.61. The third-order valence-corrected chi connectivity index (χ3v) is 3.59. The van der Waals surface area contributed by atoms with E-state index in [9.17, 15) is 0 Å². The lowest BCUT2D eigenvalue weighted by Crippen LogP contribution is -2.37. The Bertz CT molecular complexity index is 640. The molecule has 0 bridgehead atoms. The Morgan fingerprint density at radius 1 is 1.17 bits per heavy atom. The Morgan fingerprint density at radius 2 is 2.00 bits per heavy atom. The van der Waals surface area contributed by atoms with Crippen molar-refractivity contribution in [3.63, 3.8) is 0 Å². The van der Waals surface area contributed by atoms with E-state index in [4.69, 9.17) is 0 Å². The fourth-order valence-electron chi connectivity index (χ4n) is 2.33. The maximum Gasteiger partial charge on any atom is 0.191 e. The van der Waals surface area contributed by atoms with Crippen LogP contribution >= 0.6 is 24.0 Å². The SMILES string of the molecule is CN=C(NCCc1ccncc1C)NCc1cccc(C)c1.I. The molecule has 4 nitrogen and oxygen atoms in total. The Balaban J connectivity index is 0.00000264. The highest BCUT2D eigenvalue weighted by atomic mass is 127. The molecule has 2 rings (SSSR count). The zero-order valence-corrected chi connectivity index (χ0v) is 16.3. The van der Waals surface area contributed by atoms with E-state index in [0.717, 1.165) is 25.5 Å². The fourth-order valence-corrected chi connectivity index (χ4v) is 2.33. The first-order chi connectivity index (χ1) is 10.7. The van der Waals surface area contributed by atoms with Gasteiger partial charge in [-0.3, -0.25) is 9.98 Å². The normalized spacial score (nSPS) is 10.8. The summed E-state index contributed by atoms with van der Waals surface area (Å²) >= 11 is 0. The number of rotatable bonds is 5. The molecule has 0 amide bonds. The molecule has 2 N–H and O–H groups in total. The van der Waals surface area contributed by atoms with Gasteiger partial charge in [-0.1, -0.05) is 29.8 Å². The Hall–Kier alpha value is -1.63. The lowest BCUT2D eigenvalue weighted by molar-refractivity contribution is 0.791. The molecule has 0 spiro atoms. The lowest BCUT2D eigenvalue weighted by atomic mass is 10.1. The molecule has 0 aliphatic carbocycles. The predicted octanol–water partition coefficient (Wildman–Crippen LogP) is 3.22. The summed E-state index contributed by atoms with van der Waals surface area (Å²) in [4.78, 5) is 8.38. The molecule has 0 aliphatic heterocycles. The van der Waals surface area contributed by atoms with Crippen molar-refractivity contribution in [3.05, 3.63) is 65.0 Å². The zero-order valence-electron chi connectivity index (χ0n) is 14.0. The molecule has 0 unspecified atom stereocenters. The van der Waals surface area contributed by atoms with Gasteiger partial charge in [-0.05, 0) is 43.0 Å². The van der Waals surface area contributed by atoms with Crippen LogP contribution in [0.2, 0.25) is 0 Å². The number of aryl methyl sites for hydroxylation is 2. The van der Waals surface area contributed by atoms with Gasteiger partial charge in [0.1, 0.15) is 0 Å². The van der Waals surface area contributed by atoms with Crippen molar-refractivity contribution in [2.75, 3.05) is 13.6 Å². The molecule has 0 radical (unpaired) electrons. The zero-order chi connectivity index (χ0) is 15.8. The third-order valence-electron chi connectivity index (χ3n) is 3.59. The number of nitrogens with one attached hydrogen (secondary N) is 2. The first-order valence-electron chi connectivity index (χ1n) is 7.58. The largest absolute Gasteiger partial charge is 0.356 e. The van der Waals surface area contributed by atoms with Crippen molar-refractivity contribution < 1.29 is 0 Å². The highest BCUT2D eigenvalue weighted by Gasteiger charge is 2.01. The summed E-state index contributed by atoms with van der Waals surface area (Å²) in [5.41, 5.74) is 5.08. The van der Waals surface area contributed by atoms with Gasteiger partial charge in [0.2, 0.25) is 0 Å². The molecular weight excluding hydrogens is 399 g/mol. The molecule has 1 aromatic heterocycles. The average molecular weight is 424 g/mol. The predicted molar refractivity (Wildman–Crippen MR) is 107 cm³/mol. The minimum atomic E-state index is 0. The van der Waals surface area contributed by atoms with Gasteiger partial charge in [0.15, 0.2) is 5.96 Å². The van der Waals surface area contributed by atoms with E-state index in [1.165, 1.54) is 22.3 Å². The summed E-state index contributed by atoms with van der Waals surface area (Å²) < 4.78 is 0. The van der Waals surface area contributed by atoms with Crippen LogP contribution < -0.4 is 10.6 Å². The van der Waals surface area contributed by atoms with Crippen molar-refractivity contribution >= 4 is 29.9 Å². The second-order valence-electron chi connectivity index (χ2n) is 5.39. The van der Waals surface area contributed by atoms with E-state index in [2.05, 4.69) is 64.8 Å². The van der Waals surface area contributed by atoms with Crippen LogP contribution in [0.5, 0.6) is 0 Å². The van der Waals surface area contributed by atoms with Gasteiger partial charge < -0.3 is 10.6 Å². The second-order valence-corrected chi connectivity index (χ2v) is 5.39. The second kappa shape index (κ2) is 10.2. The molecule has 23 heavy (non-hydrogen) atoms. The van der Waals surface area contributed by atoms with Crippen LogP contribution in [0.15, 0.2) is 47.7 Å². The third kappa shape index (κ3) is 6.56. The van der Waals surface area contributed by atoms with Crippen LogP contribution in [0.1, 0.15) is 22.3 Å². The monoisotopic (exact) mass is 424 g/mol. The van der Waals surface area contributed by atoms with Crippen molar-refractivity contribution in [2.45, 2.75) is 26.8 Å². The highest BCUT2D eigenvalue weighted by Crippen LogP contribution is 2.05. The summed E-state index contributed by atoms with van der Waals surface area (Å²) in [6, 6.07) is 10.6. The van der Waals surface area contributed by atoms with Gasteiger partial charge in [-0.25, -0.2) is 0 Å². The summed E-state index contributed by atoms with van der Waals surface area (Å²) in [5, 5.41) is 6.69. The van der Waals surface area contributed by atoms with E-state index in [-0.39, 0.29) is 24.0 Å². The number of hydrogen-bond donors (Lipinski definition) is 2. The summed E-state index contributed by atoms with van der Waals surface area (Å²) in [6.45, 7) is 5.81. The fraction of sp³-hybridized carbons (Fsp3) is 0.333. The molecule has 0 aliphatic rings. The number of hydrogen-bond acceptors (Lipinski definition) is 2. The molecule has 2 aromatic rings. The van der Waals surface area contributed by atoms with Crippen LogP contribution in [0.4, 0.5) is 0 Å². The van der Waals surface area contributed by atoms with Crippen LogP contribution in [-0.4, -0.2) is 24.5 Å². The van der Waals surface area contributed by atoms with Gasteiger partial charge in [0.25, 0.3) is 0 Å². The Morgan fingerprint density at radius 3 is 2.70 bits per heavy atom. The van der Waals surface area contributed by atoms with Crippen molar-refractivity contribution in [3.8, 4) is 0 Å². The smallest absolute Gasteiger partial charge is 0.191 e. The van der Waals surface area contributed by atoms with E-state index in [1.807, 2.05) is 12.4 Å². The van der Waals surface area contributed by atoms with E-state index < -0.39 is 0 Å². The number of aromatic nitrogens is 1. The number of aliphatic imine (C=N–C) groups is 1. The van der Waals surface area contributed by atoms with Gasteiger partial charge >= 0.3 is 0 Å².